The van der Waals surface area contributed by atoms with Gasteiger partial charge in [-0.05, 0) is 41.8 Å². The van der Waals surface area contributed by atoms with E-state index in [2.05, 4.69) is 21.4 Å². The van der Waals surface area contributed by atoms with E-state index in [9.17, 15) is 4.79 Å². The lowest BCUT2D eigenvalue weighted by Gasteiger charge is -2.06. The monoisotopic (exact) mass is 313 g/mol. The first kappa shape index (κ1) is 14.6. The number of amides is 1. The van der Waals surface area contributed by atoms with E-state index in [4.69, 9.17) is 11.6 Å². The van der Waals surface area contributed by atoms with Gasteiger partial charge in [0.05, 0.1) is 23.8 Å². The number of rotatable bonds is 5. The van der Waals surface area contributed by atoms with Gasteiger partial charge in [0.1, 0.15) is 0 Å². The first-order valence-electron chi connectivity index (χ1n) is 7.14. The molecule has 0 aliphatic carbocycles. The molecule has 0 saturated carbocycles. The summed E-state index contributed by atoms with van der Waals surface area (Å²) in [7, 11) is 0. The second-order valence-corrected chi connectivity index (χ2v) is 5.60. The van der Waals surface area contributed by atoms with Crippen LogP contribution in [0, 0.1) is 0 Å². The zero-order valence-corrected chi connectivity index (χ0v) is 12.7. The number of carbonyl (C=O) groups excluding carboxylic acids is 1. The maximum atomic E-state index is 11.9. The first-order valence-corrected chi connectivity index (χ1v) is 7.52. The van der Waals surface area contributed by atoms with Gasteiger partial charge in [-0.3, -0.25) is 4.79 Å². The Morgan fingerprint density at radius 1 is 1.18 bits per heavy atom. The standard InChI is InChI=1S/C17H16ClN3O/c18-14-3-1-2-13(8-14)10-17(22)19-7-6-12-4-5-15-16(9-12)21-11-20-15/h1-5,8-9,11H,6-7,10H2,(H,19,22)(H,20,21). The predicted octanol–water partition coefficient (Wildman–Crippen LogP) is 3.12. The van der Waals surface area contributed by atoms with E-state index in [0.29, 0.717) is 18.0 Å². The van der Waals surface area contributed by atoms with E-state index in [0.717, 1.165) is 23.0 Å². The van der Waals surface area contributed by atoms with Gasteiger partial charge in [0.15, 0.2) is 0 Å². The van der Waals surface area contributed by atoms with Crippen molar-refractivity contribution in [3.63, 3.8) is 0 Å². The number of nitrogens with one attached hydrogen (secondary N) is 2. The van der Waals surface area contributed by atoms with Crippen molar-refractivity contribution in [2.45, 2.75) is 12.8 Å². The summed E-state index contributed by atoms with van der Waals surface area (Å²) >= 11 is 5.91. The molecule has 0 fully saturated rings. The van der Waals surface area contributed by atoms with Gasteiger partial charge >= 0.3 is 0 Å². The average Bonchev–Trinajstić information content (AvgIpc) is 2.95. The molecule has 3 rings (SSSR count). The van der Waals surface area contributed by atoms with Gasteiger partial charge in [-0.25, -0.2) is 4.98 Å². The number of fused-ring (bicyclic) bond motifs is 1. The van der Waals surface area contributed by atoms with E-state index in [1.54, 1.807) is 12.4 Å². The summed E-state index contributed by atoms with van der Waals surface area (Å²) in [5.74, 6) is 0.00452. The van der Waals surface area contributed by atoms with Gasteiger partial charge in [-0.15, -0.1) is 0 Å². The van der Waals surface area contributed by atoms with Crippen LogP contribution in [-0.2, 0) is 17.6 Å². The van der Waals surface area contributed by atoms with Crippen molar-refractivity contribution >= 4 is 28.5 Å². The SMILES string of the molecule is O=C(Cc1cccc(Cl)c1)NCCc1ccc2nc[nH]c2c1. The highest BCUT2D eigenvalue weighted by Gasteiger charge is 2.04. The summed E-state index contributed by atoms with van der Waals surface area (Å²) in [4.78, 5) is 19.2. The number of hydrogen-bond acceptors (Lipinski definition) is 2. The van der Waals surface area contributed by atoms with E-state index in [1.165, 1.54) is 5.56 Å². The lowest BCUT2D eigenvalue weighted by Crippen LogP contribution is -2.27. The molecule has 0 radical (unpaired) electrons. The van der Waals surface area contributed by atoms with E-state index >= 15 is 0 Å². The topological polar surface area (TPSA) is 57.8 Å². The van der Waals surface area contributed by atoms with Crippen LogP contribution in [0.3, 0.4) is 0 Å². The molecule has 3 aromatic rings. The fourth-order valence-electron chi connectivity index (χ4n) is 2.38. The maximum Gasteiger partial charge on any atom is 0.224 e. The molecule has 1 amide bonds. The Balaban J connectivity index is 1.50. The third-order valence-corrected chi connectivity index (χ3v) is 3.71. The molecule has 0 aliphatic rings. The molecule has 0 bridgehead atoms. The molecule has 112 valence electrons. The second kappa shape index (κ2) is 6.62. The molecule has 2 N–H and O–H groups in total. The van der Waals surface area contributed by atoms with Crippen molar-refractivity contribution in [1.29, 1.82) is 0 Å². The molecule has 0 aliphatic heterocycles. The Morgan fingerprint density at radius 3 is 2.95 bits per heavy atom. The highest BCUT2D eigenvalue weighted by Crippen LogP contribution is 2.12. The van der Waals surface area contributed by atoms with Crippen molar-refractivity contribution < 1.29 is 4.79 Å². The van der Waals surface area contributed by atoms with E-state index in [1.807, 2.05) is 30.3 Å². The molecule has 0 spiro atoms. The van der Waals surface area contributed by atoms with Gasteiger partial charge in [0.2, 0.25) is 5.91 Å². The predicted molar refractivity (Wildman–Crippen MR) is 88.0 cm³/mol. The van der Waals surface area contributed by atoms with Crippen LogP contribution in [0.2, 0.25) is 5.02 Å². The molecule has 1 aromatic heterocycles. The third kappa shape index (κ3) is 3.65. The lowest BCUT2D eigenvalue weighted by atomic mass is 10.1. The number of imidazole rings is 1. The molecule has 4 nitrogen and oxygen atoms in total. The molecule has 0 unspecified atom stereocenters. The van der Waals surface area contributed by atoms with Crippen LogP contribution in [0.25, 0.3) is 11.0 Å². The lowest BCUT2D eigenvalue weighted by molar-refractivity contribution is -0.120. The van der Waals surface area contributed by atoms with Crippen LogP contribution in [0.1, 0.15) is 11.1 Å². The summed E-state index contributed by atoms with van der Waals surface area (Å²) in [5.41, 5.74) is 4.06. The number of H-pyrrole nitrogens is 1. The van der Waals surface area contributed by atoms with Crippen LogP contribution in [-0.4, -0.2) is 22.4 Å². The van der Waals surface area contributed by atoms with Gasteiger partial charge in [0.25, 0.3) is 0 Å². The Labute approximate surface area is 133 Å². The summed E-state index contributed by atoms with van der Waals surface area (Å²) < 4.78 is 0. The highest BCUT2D eigenvalue weighted by molar-refractivity contribution is 6.30. The van der Waals surface area contributed by atoms with Crippen molar-refractivity contribution in [2.75, 3.05) is 6.54 Å². The minimum atomic E-state index is 0.00452. The number of halogens is 1. The van der Waals surface area contributed by atoms with Crippen molar-refractivity contribution in [2.24, 2.45) is 0 Å². The molecule has 22 heavy (non-hydrogen) atoms. The van der Waals surface area contributed by atoms with Crippen molar-refractivity contribution in [3.05, 3.63) is 64.9 Å². The minimum absolute atomic E-state index is 0.00452. The summed E-state index contributed by atoms with van der Waals surface area (Å²) in [5, 5.41) is 3.58. The number of carbonyl (C=O) groups is 1. The Bertz CT molecular complexity index is 797. The zero-order valence-electron chi connectivity index (χ0n) is 12.0. The number of nitrogens with zero attached hydrogens (tertiary/aromatic N) is 1. The van der Waals surface area contributed by atoms with Crippen molar-refractivity contribution in [1.82, 2.24) is 15.3 Å². The quantitative estimate of drug-likeness (QED) is 0.760. The van der Waals surface area contributed by atoms with Gasteiger partial charge < -0.3 is 10.3 Å². The summed E-state index contributed by atoms with van der Waals surface area (Å²) in [6, 6.07) is 13.4. The number of aromatic amines is 1. The van der Waals surface area contributed by atoms with E-state index in [-0.39, 0.29) is 5.91 Å². The van der Waals surface area contributed by atoms with Gasteiger partial charge in [-0.2, -0.15) is 0 Å². The fourth-order valence-corrected chi connectivity index (χ4v) is 2.59. The number of aromatic nitrogens is 2. The number of benzene rings is 2. The summed E-state index contributed by atoms with van der Waals surface area (Å²) in [6.07, 6.45) is 2.82. The maximum absolute atomic E-state index is 11.9. The molecular formula is C17H16ClN3O. The molecule has 0 atom stereocenters. The zero-order chi connectivity index (χ0) is 15.4. The Morgan fingerprint density at radius 2 is 2.09 bits per heavy atom. The van der Waals surface area contributed by atoms with E-state index < -0.39 is 0 Å². The highest BCUT2D eigenvalue weighted by atomic mass is 35.5. The molecule has 1 heterocycles. The first-order chi connectivity index (χ1) is 10.7. The van der Waals surface area contributed by atoms with Crippen LogP contribution in [0.4, 0.5) is 0 Å². The molecule has 5 heteroatoms. The number of hydrogen-bond donors (Lipinski definition) is 2. The Kier molecular flexibility index (Phi) is 4.39. The van der Waals surface area contributed by atoms with Gasteiger partial charge in [0, 0.05) is 11.6 Å². The molecule has 0 saturated heterocycles. The normalized spacial score (nSPS) is 10.8. The Hall–Kier alpha value is -2.33. The fraction of sp³-hybridized carbons (Fsp3) is 0.176. The smallest absolute Gasteiger partial charge is 0.224 e. The minimum Gasteiger partial charge on any atom is -0.355 e. The second-order valence-electron chi connectivity index (χ2n) is 5.16. The molecule has 2 aromatic carbocycles. The van der Waals surface area contributed by atoms with Crippen LogP contribution in [0.15, 0.2) is 48.8 Å². The third-order valence-electron chi connectivity index (χ3n) is 3.47. The van der Waals surface area contributed by atoms with Crippen LogP contribution < -0.4 is 5.32 Å². The van der Waals surface area contributed by atoms with Crippen LogP contribution in [0.5, 0.6) is 0 Å². The molecular weight excluding hydrogens is 298 g/mol. The van der Waals surface area contributed by atoms with Gasteiger partial charge in [-0.1, -0.05) is 29.8 Å². The van der Waals surface area contributed by atoms with Crippen LogP contribution >= 0.6 is 11.6 Å². The van der Waals surface area contributed by atoms with Crippen molar-refractivity contribution in [3.8, 4) is 0 Å². The average molecular weight is 314 g/mol. The largest absolute Gasteiger partial charge is 0.355 e. The summed E-state index contributed by atoms with van der Waals surface area (Å²) in [6.45, 7) is 0.610.